The van der Waals surface area contributed by atoms with E-state index < -0.39 is 0 Å². The van der Waals surface area contributed by atoms with Gasteiger partial charge < -0.3 is 9.80 Å². The van der Waals surface area contributed by atoms with Gasteiger partial charge in [-0.2, -0.15) is 0 Å². The molecule has 5 heteroatoms. The maximum Gasteiger partial charge on any atom is 0.254 e. The first-order chi connectivity index (χ1) is 15.6. The molecular formula is C27H27FN2O2. The molecule has 1 heterocycles. The van der Waals surface area contributed by atoms with E-state index >= 15 is 0 Å². The predicted octanol–water partition coefficient (Wildman–Crippen LogP) is 5.02. The number of halogens is 1. The number of piperidine rings is 1. The van der Waals surface area contributed by atoms with Crippen molar-refractivity contribution in [1.82, 2.24) is 9.80 Å². The summed E-state index contributed by atoms with van der Waals surface area (Å²) in [5, 5.41) is 1.97. The van der Waals surface area contributed by atoms with Crippen molar-refractivity contribution in [3.8, 4) is 0 Å². The second kappa shape index (κ2) is 8.73. The molecule has 3 aromatic carbocycles. The van der Waals surface area contributed by atoms with E-state index in [-0.39, 0.29) is 29.6 Å². The molecule has 2 aliphatic rings. The highest BCUT2D eigenvalue weighted by Crippen LogP contribution is 2.32. The Balaban J connectivity index is 1.34. The Kier molecular flexibility index (Phi) is 5.64. The number of nitrogens with zero attached hydrogens (tertiary/aromatic N) is 2. The average molecular weight is 431 g/mol. The van der Waals surface area contributed by atoms with Gasteiger partial charge in [0.1, 0.15) is 5.82 Å². The van der Waals surface area contributed by atoms with Gasteiger partial charge in [0.15, 0.2) is 0 Å². The van der Waals surface area contributed by atoms with Crippen LogP contribution in [-0.4, -0.2) is 40.7 Å². The molecule has 1 atom stereocenters. The number of hydrogen-bond acceptors (Lipinski definition) is 2. The number of carbonyl (C=O) groups is 2. The highest BCUT2D eigenvalue weighted by atomic mass is 19.1. The van der Waals surface area contributed by atoms with Crippen LogP contribution in [0.15, 0.2) is 66.7 Å². The van der Waals surface area contributed by atoms with Crippen LogP contribution in [0.2, 0.25) is 0 Å². The number of likely N-dealkylation sites (tertiary alicyclic amines) is 1. The van der Waals surface area contributed by atoms with Gasteiger partial charge in [-0.1, -0.05) is 54.6 Å². The fourth-order valence-corrected chi connectivity index (χ4v) is 4.76. The van der Waals surface area contributed by atoms with E-state index in [9.17, 15) is 14.0 Å². The summed E-state index contributed by atoms with van der Waals surface area (Å²) in [5.41, 5.74) is 1.23. The maximum atomic E-state index is 14.2. The topological polar surface area (TPSA) is 40.6 Å². The summed E-state index contributed by atoms with van der Waals surface area (Å²) in [4.78, 5) is 30.5. The van der Waals surface area contributed by atoms with E-state index in [0.29, 0.717) is 30.8 Å². The third-order valence-corrected chi connectivity index (χ3v) is 6.65. The van der Waals surface area contributed by atoms with Gasteiger partial charge >= 0.3 is 0 Å². The van der Waals surface area contributed by atoms with Crippen molar-refractivity contribution in [3.05, 3.63) is 83.7 Å². The number of benzene rings is 3. The van der Waals surface area contributed by atoms with Gasteiger partial charge in [0.2, 0.25) is 5.91 Å². The smallest absolute Gasteiger partial charge is 0.254 e. The monoisotopic (exact) mass is 430 g/mol. The van der Waals surface area contributed by atoms with Crippen molar-refractivity contribution in [2.75, 3.05) is 13.1 Å². The van der Waals surface area contributed by atoms with Gasteiger partial charge in [0, 0.05) is 36.8 Å². The molecule has 0 bridgehead atoms. The lowest BCUT2D eigenvalue weighted by molar-refractivity contribution is -0.138. The Morgan fingerprint density at radius 1 is 0.938 bits per heavy atom. The summed E-state index contributed by atoms with van der Waals surface area (Å²) in [5.74, 6) is -0.491. The lowest BCUT2D eigenvalue weighted by Gasteiger charge is -2.35. The highest BCUT2D eigenvalue weighted by molar-refractivity contribution is 6.07. The van der Waals surface area contributed by atoms with E-state index in [2.05, 4.69) is 0 Å². The van der Waals surface area contributed by atoms with Crippen molar-refractivity contribution in [2.45, 2.75) is 38.3 Å². The molecule has 4 nitrogen and oxygen atoms in total. The minimum Gasteiger partial charge on any atom is -0.338 e. The van der Waals surface area contributed by atoms with Crippen LogP contribution >= 0.6 is 0 Å². The van der Waals surface area contributed by atoms with Gasteiger partial charge in [0.05, 0.1) is 5.92 Å². The third kappa shape index (κ3) is 4.12. The fourth-order valence-electron chi connectivity index (χ4n) is 4.76. The van der Waals surface area contributed by atoms with Crippen molar-refractivity contribution in [1.29, 1.82) is 0 Å². The molecule has 2 amide bonds. The van der Waals surface area contributed by atoms with Crippen LogP contribution < -0.4 is 0 Å². The number of carbonyl (C=O) groups excluding carboxylic acids is 2. The Hall–Kier alpha value is -3.21. The minimum absolute atomic E-state index is 0.0219. The zero-order valence-corrected chi connectivity index (χ0v) is 18.0. The standard InChI is InChI=1S/C27H27FN2O2/c28-25-13-4-2-8-20(25)18-30(22-14-15-22)26(31)21-10-6-16-29(17-21)27(32)24-12-5-9-19-7-1-3-11-23(19)24/h1-5,7-9,11-13,21-22H,6,10,14-18H2. The Morgan fingerprint density at radius 3 is 2.50 bits per heavy atom. The first kappa shape index (κ1) is 20.7. The molecular weight excluding hydrogens is 403 g/mol. The second-order valence-corrected chi connectivity index (χ2v) is 8.91. The lowest BCUT2D eigenvalue weighted by atomic mass is 9.94. The molecule has 5 rings (SSSR count). The van der Waals surface area contributed by atoms with Crippen LogP contribution in [0.3, 0.4) is 0 Å². The molecule has 2 fully saturated rings. The van der Waals surface area contributed by atoms with E-state index in [4.69, 9.17) is 0 Å². The summed E-state index contributed by atoms with van der Waals surface area (Å²) in [6, 6.07) is 20.5. The van der Waals surface area contributed by atoms with Gasteiger partial charge in [-0.05, 0) is 48.6 Å². The number of fused-ring (bicyclic) bond motifs is 1. The van der Waals surface area contributed by atoms with Crippen LogP contribution in [0.25, 0.3) is 10.8 Å². The minimum atomic E-state index is -0.276. The molecule has 32 heavy (non-hydrogen) atoms. The largest absolute Gasteiger partial charge is 0.338 e. The third-order valence-electron chi connectivity index (χ3n) is 6.65. The van der Waals surface area contributed by atoms with Crippen molar-refractivity contribution < 1.29 is 14.0 Å². The zero-order chi connectivity index (χ0) is 22.1. The predicted molar refractivity (Wildman–Crippen MR) is 123 cm³/mol. The van der Waals surface area contributed by atoms with Gasteiger partial charge in [-0.15, -0.1) is 0 Å². The first-order valence-electron chi connectivity index (χ1n) is 11.4. The van der Waals surface area contributed by atoms with Crippen LogP contribution in [0, 0.1) is 11.7 Å². The molecule has 1 aliphatic heterocycles. The molecule has 0 aromatic heterocycles. The summed E-state index contributed by atoms with van der Waals surface area (Å²) in [6.45, 7) is 1.37. The lowest BCUT2D eigenvalue weighted by Crippen LogP contribution is -2.47. The molecule has 1 saturated heterocycles. The van der Waals surface area contributed by atoms with Crippen LogP contribution in [0.4, 0.5) is 4.39 Å². The van der Waals surface area contributed by atoms with E-state index in [1.54, 1.807) is 18.2 Å². The number of rotatable bonds is 5. The summed E-state index contributed by atoms with van der Waals surface area (Å²) >= 11 is 0. The Labute approximate surface area is 187 Å². The molecule has 0 N–H and O–H groups in total. The average Bonchev–Trinajstić information content (AvgIpc) is 3.68. The molecule has 1 aliphatic carbocycles. The molecule has 1 unspecified atom stereocenters. The van der Waals surface area contributed by atoms with Crippen LogP contribution in [0.5, 0.6) is 0 Å². The fraction of sp³-hybridized carbons (Fsp3) is 0.333. The zero-order valence-electron chi connectivity index (χ0n) is 18.0. The molecule has 0 radical (unpaired) electrons. The molecule has 1 saturated carbocycles. The molecule has 164 valence electrons. The quantitative estimate of drug-likeness (QED) is 0.570. The summed E-state index contributed by atoms with van der Waals surface area (Å²) in [7, 11) is 0. The van der Waals surface area contributed by atoms with Gasteiger partial charge in [-0.3, -0.25) is 9.59 Å². The normalized spacial score (nSPS) is 18.5. The highest BCUT2D eigenvalue weighted by Gasteiger charge is 2.38. The van der Waals surface area contributed by atoms with Crippen LogP contribution in [0.1, 0.15) is 41.6 Å². The van der Waals surface area contributed by atoms with E-state index in [1.165, 1.54) is 6.07 Å². The van der Waals surface area contributed by atoms with E-state index in [1.807, 2.05) is 52.3 Å². The first-order valence-corrected chi connectivity index (χ1v) is 11.4. The van der Waals surface area contributed by atoms with E-state index in [0.717, 1.165) is 36.5 Å². The second-order valence-electron chi connectivity index (χ2n) is 8.91. The maximum absolute atomic E-state index is 14.2. The molecule has 3 aromatic rings. The van der Waals surface area contributed by atoms with Crippen molar-refractivity contribution in [3.63, 3.8) is 0 Å². The van der Waals surface area contributed by atoms with Crippen molar-refractivity contribution in [2.24, 2.45) is 5.92 Å². The number of amides is 2. The molecule has 0 spiro atoms. The van der Waals surface area contributed by atoms with Crippen LogP contribution in [-0.2, 0) is 11.3 Å². The van der Waals surface area contributed by atoms with Gasteiger partial charge in [-0.25, -0.2) is 4.39 Å². The number of hydrogen-bond donors (Lipinski definition) is 0. The SMILES string of the molecule is O=C(c1cccc2ccccc12)N1CCCC(C(=O)N(Cc2ccccc2F)C2CC2)C1. The van der Waals surface area contributed by atoms with Gasteiger partial charge in [0.25, 0.3) is 5.91 Å². The summed E-state index contributed by atoms with van der Waals surface area (Å²) in [6.07, 6.45) is 3.49. The Morgan fingerprint density at radius 2 is 1.69 bits per heavy atom. The van der Waals surface area contributed by atoms with Crippen molar-refractivity contribution >= 4 is 22.6 Å². The summed E-state index contributed by atoms with van der Waals surface area (Å²) < 4.78 is 14.2. The Bertz CT molecular complexity index is 1150.